The van der Waals surface area contributed by atoms with Gasteiger partial charge in [0.2, 0.25) is 0 Å². The average Bonchev–Trinajstić information content (AvgIpc) is 2.03. The van der Waals surface area contributed by atoms with Crippen LogP contribution in [0.1, 0.15) is 32.3 Å². The molecule has 66 valence electrons. The summed E-state index contributed by atoms with van der Waals surface area (Å²) in [6.45, 7) is 6.28. The summed E-state index contributed by atoms with van der Waals surface area (Å²) < 4.78 is 0. The van der Waals surface area contributed by atoms with Crippen LogP contribution in [0.3, 0.4) is 0 Å². The first-order chi connectivity index (χ1) is 5.52. The summed E-state index contributed by atoms with van der Waals surface area (Å²) in [4.78, 5) is 0. The van der Waals surface area contributed by atoms with E-state index in [0.29, 0.717) is 5.92 Å². The highest BCUT2D eigenvalue weighted by molar-refractivity contribution is 5.21. The van der Waals surface area contributed by atoms with Gasteiger partial charge in [0.1, 0.15) is 0 Å². The van der Waals surface area contributed by atoms with Gasteiger partial charge in [0.15, 0.2) is 0 Å². The fourth-order valence-corrected chi connectivity index (χ4v) is 1.17. The molecule has 0 unspecified atom stereocenters. The van der Waals surface area contributed by atoms with Gasteiger partial charge < -0.3 is 5.73 Å². The molecule has 0 aromatic heterocycles. The third-order valence-corrected chi connectivity index (χ3v) is 2.42. The zero-order valence-corrected chi connectivity index (χ0v) is 8.04. The van der Waals surface area contributed by atoms with Crippen LogP contribution in [0.5, 0.6) is 0 Å². The van der Waals surface area contributed by atoms with Crippen LogP contribution >= 0.6 is 0 Å². The summed E-state index contributed by atoms with van der Waals surface area (Å²) in [6.07, 6.45) is 0. The zero-order valence-electron chi connectivity index (χ0n) is 8.04. The molecular weight excluding hydrogens is 146 g/mol. The molecule has 0 heterocycles. The zero-order chi connectivity index (χ0) is 9.19. The third kappa shape index (κ3) is 2.08. The topological polar surface area (TPSA) is 26.0 Å². The molecule has 0 fully saturated rings. The molecule has 0 saturated heterocycles. The highest BCUT2D eigenvalue weighted by atomic mass is 14.7. The van der Waals surface area contributed by atoms with E-state index in [1.165, 1.54) is 5.56 Å². The second kappa shape index (κ2) is 3.28. The monoisotopic (exact) mass is 163 g/mol. The molecule has 0 aliphatic rings. The molecule has 1 heteroatoms. The van der Waals surface area contributed by atoms with Gasteiger partial charge in [-0.1, -0.05) is 37.3 Å². The Bertz CT molecular complexity index is 233. The standard InChI is InChI=1S/C11H17N/c1-9(11(2,3)12)10-7-5-4-6-8-10/h4-9H,12H2,1-3H3/t9-/m0/s1. The Hall–Kier alpha value is -0.820. The molecule has 0 amide bonds. The largest absolute Gasteiger partial charge is 0.325 e. The van der Waals surface area contributed by atoms with Crippen LogP contribution in [0.25, 0.3) is 0 Å². The Labute approximate surface area is 74.6 Å². The van der Waals surface area contributed by atoms with Gasteiger partial charge in [-0.2, -0.15) is 0 Å². The smallest absolute Gasteiger partial charge is 0.0163 e. The van der Waals surface area contributed by atoms with Crippen LogP contribution in [0.15, 0.2) is 30.3 Å². The van der Waals surface area contributed by atoms with Gasteiger partial charge in [-0.15, -0.1) is 0 Å². The Balaban J connectivity index is 2.86. The first-order valence-corrected chi connectivity index (χ1v) is 4.35. The predicted octanol–water partition coefficient (Wildman–Crippen LogP) is 2.53. The summed E-state index contributed by atoms with van der Waals surface area (Å²) in [5.41, 5.74) is 7.18. The lowest BCUT2D eigenvalue weighted by Gasteiger charge is -2.27. The maximum absolute atomic E-state index is 6.01. The molecule has 12 heavy (non-hydrogen) atoms. The van der Waals surface area contributed by atoms with Gasteiger partial charge in [0, 0.05) is 5.54 Å². The van der Waals surface area contributed by atoms with E-state index in [4.69, 9.17) is 5.73 Å². The van der Waals surface area contributed by atoms with Crippen LogP contribution in [-0.4, -0.2) is 5.54 Å². The molecule has 0 spiro atoms. The highest BCUT2D eigenvalue weighted by Crippen LogP contribution is 2.24. The van der Waals surface area contributed by atoms with Crippen molar-refractivity contribution < 1.29 is 0 Å². The van der Waals surface area contributed by atoms with Crippen LogP contribution in [0.2, 0.25) is 0 Å². The van der Waals surface area contributed by atoms with Crippen molar-refractivity contribution in [1.82, 2.24) is 0 Å². The van der Waals surface area contributed by atoms with Crippen molar-refractivity contribution in [3.8, 4) is 0 Å². The quantitative estimate of drug-likeness (QED) is 0.712. The van der Waals surface area contributed by atoms with Crippen molar-refractivity contribution in [1.29, 1.82) is 0 Å². The molecule has 0 aliphatic carbocycles. The summed E-state index contributed by atoms with van der Waals surface area (Å²) in [5, 5.41) is 0. The molecule has 0 radical (unpaired) electrons. The van der Waals surface area contributed by atoms with Crippen molar-refractivity contribution in [2.45, 2.75) is 32.2 Å². The Morgan fingerprint density at radius 3 is 2.08 bits per heavy atom. The van der Waals surface area contributed by atoms with Crippen molar-refractivity contribution >= 4 is 0 Å². The van der Waals surface area contributed by atoms with Crippen LogP contribution < -0.4 is 5.73 Å². The third-order valence-electron chi connectivity index (χ3n) is 2.42. The van der Waals surface area contributed by atoms with Crippen LogP contribution in [0.4, 0.5) is 0 Å². The van der Waals surface area contributed by atoms with Crippen molar-refractivity contribution in [2.24, 2.45) is 5.73 Å². The molecular formula is C11H17N. The summed E-state index contributed by atoms with van der Waals surface area (Å²) in [6, 6.07) is 10.4. The van der Waals surface area contributed by atoms with Gasteiger partial charge in [-0.05, 0) is 25.3 Å². The van der Waals surface area contributed by atoms with E-state index in [2.05, 4.69) is 45.0 Å². The highest BCUT2D eigenvalue weighted by Gasteiger charge is 2.21. The second-order valence-electron chi connectivity index (χ2n) is 3.95. The fraction of sp³-hybridized carbons (Fsp3) is 0.455. The number of benzene rings is 1. The van der Waals surface area contributed by atoms with E-state index in [0.717, 1.165) is 0 Å². The molecule has 0 saturated carbocycles. The Morgan fingerprint density at radius 2 is 1.67 bits per heavy atom. The first kappa shape index (κ1) is 9.27. The van der Waals surface area contributed by atoms with Gasteiger partial charge in [-0.25, -0.2) is 0 Å². The first-order valence-electron chi connectivity index (χ1n) is 4.35. The SMILES string of the molecule is C[C@@H](c1ccccc1)C(C)(C)N. The average molecular weight is 163 g/mol. The van der Waals surface area contributed by atoms with Crippen molar-refractivity contribution in [2.75, 3.05) is 0 Å². The minimum absolute atomic E-state index is 0.138. The molecule has 2 N–H and O–H groups in total. The number of hydrogen-bond donors (Lipinski definition) is 1. The van der Waals surface area contributed by atoms with E-state index in [1.54, 1.807) is 0 Å². The molecule has 1 atom stereocenters. The van der Waals surface area contributed by atoms with E-state index >= 15 is 0 Å². The molecule has 0 bridgehead atoms. The Morgan fingerprint density at radius 1 is 1.17 bits per heavy atom. The lowest BCUT2D eigenvalue weighted by Crippen LogP contribution is -2.37. The van der Waals surface area contributed by atoms with E-state index in [9.17, 15) is 0 Å². The minimum Gasteiger partial charge on any atom is -0.325 e. The molecule has 1 aromatic carbocycles. The van der Waals surface area contributed by atoms with E-state index in [1.807, 2.05) is 6.07 Å². The second-order valence-corrected chi connectivity index (χ2v) is 3.95. The molecule has 0 aliphatic heterocycles. The fourth-order valence-electron chi connectivity index (χ4n) is 1.17. The number of rotatable bonds is 2. The van der Waals surface area contributed by atoms with Gasteiger partial charge in [0.05, 0.1) is 0 Å². The molecule has 1 nitrogen and oxygen atoms in total. The number of hydrogen-bond acceptors (Lipinski definition) is 1. The molecule has 1 aromatic rings. The number of nitrogens with two attached hydrogens (primary N) is 1. The predicted molar refractivity (Wildman–Crippen MR) is 53.1 cm³/mol. The minimum atomic E-state index is -0.138. The van der Waals surface area contributed by atoms with Gasteiger partial charge in [0.25, 0.3) is 0 Å². The lowest BCUT2D eigenvalue weighted by molar-refractivity contribution is 0.435. The van der Waals surface area contributed by atoms with Crippen LogP contribution in [0, 0.1) is 0 Å². The Kier molecular flexibility index (Phi) is 2.53. The van der Waals surface area contributed by atoms with E-state index < -0.39 is 0 Å². The maximum atomic E-state index is 6.01. The van der Waals surface area contributed by atoms with Crippen molar-refractivity contribution in [3.63, 3.8) is 0 Å². The maximum Gasteiger partial charge on any atom is 0.0163 e. The lowest BCUT2D eigenvalue weighted by atomic mass is 9.84. The van der Waals surface area contributed by atoms with Gasteiger partial charge in [-0.3, -0.25) is 0 Å². The summed E-state index contributed by atoms with van der Waals surface area (Å²) in [7, 11) is 0. The molecule has 1 rings (SSSR count). The normalized spacial score (nSPS) is 14.3. The summed E-state index contributed by atoms with van der Waals surface area (Å²) >= 11 is 0. The van der Waals surface area contributed by atoms with Crippen LogP contribution in [-0.2, 0) is 0 Å². The van der Waals surface area contributed by atoms with Gasteiger partial charge >= 0.3 is 0 Å². The van der Waals surface area contributed by atoms with Crippen molar-refractivity contribution in [3.05, 3.63) is 35.9 Å². The summed E-state index contributed by atoms with van der Waals surface area (Å²) in [5.74, 6) is 0.402. The van der Waals surface area contributed by atoms with E-state index in [-0.39, 0.29) is 5.54 Å².